The molecule has 2 aromatic carbocycles. The van der Waals surface area contributed by atoms with Gasteiger partial charge in [0, 0.05) is 31.8 Å². The van der Waals surface area contributed by atoms with Gasteiger partial charge in [-0.3, -0.25) is 9.36 Å². The molecule has 140 valence electrons. The highest BCUT2D eigenvalue weighted by Gasteiger charge is 2.26. The van der Waals surface area contributed by atoms with E-state index in [0.29, 0.717) is 25.3 Å². The molecule has 3 aromatic rings. The predicted octanol–water partition coefficient (Wildman–Crippen LogP) is 2.95. The number of carbonyl (C=O) groups is 1. The van der Waals surface area contributed by atoms with Gasteiger partial charge in [0.1, 0.15) is 0 Å². The van der Waals surface area contributed by atoms with Crippen LogP contribution in [-0.2, 0) is 11.3 Å². The number of hydrogen-bond acceptors (Lipinski definition) is 3. The van der Waals surface area contributed by atoms with Crippen molar-refractivity contribution < 1.29 is 9.53 Å². The maximum atomic E-state index is 12.8. The van der Waals surface area contributed by atoms with E-state index >= 15 is 0 Å². The minimum atomic E-state index is -0.0757. The summed E-state index contributed by atoms with van der Waals surface area (Å²) in [5.41, 5.74) is 3.39. The summed E-state index contributed by atoms with van der Waals surface area (Å²) >= 11 is 0. The SMILES string of the molecule is COCc1cccc(C(=O)N2CCC(n3c(=O)[nH]c4ccccc43)CC2)c1. The maximum Gasteiger partial charge on any atom is 0.326 e. The Balaban J connectivity index is 1.49. The molecule has 27 heavy (non-hydrogen) atoms. The molecule has 6 heteroatoms. The molecule has 1 aliphatic heterocycles. The van der Waals surface area contributed by atoms with Gasteiger partial charge in [0.15, 0.2) is 0 Å². The number of likely N-dealkylation sites (tertiary alicyclic amines) is 1. The van der Waals surface area contributed by atoms with Gasteiger partial charge in [-0.25, -0.2) is 4.79 Å². The highest BCUT2D eigenvalue weighted by atomic mass is 16.5. The van der Waals surface area contributed by atoms with Crippen molar-refractivity contribution in [3.63, 3.8) is 0 Å². The molecule has 1 saturated heterocycles. The van der Waals surface area contributed by atoms with Gasteiger partial charge in [-0.2, -0.15) is 0 Å². The molecule has 1 fully saturated rings. The highest BCUT2D eigenvalue weighted by molar-refractivity contribution is 5.94. The molecule has 0 bridgehead atoms. The summed E-state index contributed by atoms with van der Waals surface area (Å²) in [6.45, 7) is 1.78. The van der Waals surface area contributed by atoms with Crippen LogP contribution in [0.3, 0.4) is 0 Å². The number of methoxy groups -OCH3 is 1. The Morgan fingerprint density at radius 2 is 1.93 bits per heavy atom. The maximum absolute atomic E-state index is 12.8. The van der Waals surface area contributed by atoms with Gasteiger partial charge < -0.3 is 14.6 Å². The fraction of sp³-hybridized carbons (Fsp3) is 0.333. The van der Waals surface area contributed by atoms with Crippen LogP contribution < -0.4 is 5.69 Å². The van der Waals surface area contributed by atoms with Crippen molar-refractivity contribution in [2.75, 3.05) is 20.2 Å². The van der Waals surface area contributed by atoms with E-state index in [9.17, 15) is 9.59 Å². The number of benzene rings is 2. The number of amides is 1. The van der Waals surface area contributed by atoms with Gasteiger partial charge in [-0.15, -0.1) is 0 Å². The van der Waals surface area contributed by atoms with Crippen LogP contribution in [0.5, 0.6) is 0 Å². The van der Waals surface area contributed by atoms with Crippen LogP contribution in [0.4, 0.5) is 0 Å². The van der Waals surface area contributed by atoms with Crippen LogP contribution in [0.1, 0.15) is 34.8 Å². The zero-order valence-electron chi connectivity index (χ0n) is 15.4. The Kier molecular flexibility index (Phi) is 4.81. The fourth-order valence-electron chi connectivity index (χ4n) is 3.91. The summed E-state index contributed by atoms with van der Waals surface area (Å²) in [7, 11) is 1.64. The molecule has 0 saturated carbocycles. The largest absolute Gasteiger partial charge is 0.380 e. The summed E-state index contributed by atoms with van der Waals surface area (Å²) in [5, 5.41) is 0. The van der Waals surface area contributed by atoms with Crippen LogP contribution in [-0.4, -0.2) is 40.6 Å². The molecule has 1 amide bonds. The number of fused-ring (bicyclic) bond motifs is 1. The molecule has 1 aromatic heterocycles. The lowest BCUT2D eigenvalue weighted by atomic mass is 10.0. The summed E-state index contributed by atoms with van der Waals surface area (Å²) in [4.78, 5) is 30.0. The number of H-pyrrole nitrogens is 1. The van der Waals surface area contributed by atoms with Gasteiger partial charge >= 0.3 is 5.69 Å². The molecule has 1 aliphatic rings. The standard InChI is InChI=1S/C21H23N3O3/c1-27-14-15-5-4-6-16(13-15)20(25)23-11-9-17(10-12-23)24-19-8-3-2-7-18(19)22-21(24)26/h2-8,13,17H,9-12,14H2,1H3,(H,22,26). The number of rotatable bonds is 4. The van der Waals surface area contributed by atoms with Crippen molar-refractivity contribution in [3.05, 3.63) is 70.1 Å². The third kappa shape index (κ3) is 3.40. The normalized spacial score (nSPS) is 15.4. The van der Waals surface area contributed by atoms with Gasteiger partial charge in [-0.1, -0.05) is 24.3 Å². The molecule has 6 nitrogen and oxygen atoms in total. The number of carbonyl (C=O) groups excluding carboxylic acids is 1. The van der Waals surface area contributed by atoms with Crippen LogP contribution in [0, 0.1) is 0 Å². The first-order valence-corrected chi connectivity index (χ1v) is 9.24. The summed E-state index contributed by atoms with van der Waals surface area (Å²) in [5.74, 6) is 0.0395. The molecule has 0 atom stereocenters. The van der Waals surface area contributed by atoms with Gasteiger partial charge in [-0.05, 0) is 42.7 Å². The van der Waals surface area contributed by atoms with Crippen LogP contribution in [0.2, 0.25) is 0 Å². The van der Waals surface area contributed by atoms with Crippen molar-refractivity contribution in [3.8, 4) is 0 Å². The molecule has 0 radical (unpaired) electrons. The molecule has 1 N–H and O–H groups in total. The Hall–Kier alpha value is -2.86. The van der Waals surface area contributed by atoms with E-state index in [-0.39, 0.29) is 17.6 Å². The number of nitrogens with zero attached hydrogens (tertiary/aromatic N) is 2. The number of imidazole rings is 1. The number of aromatic amines is 1. The molecular weight excluding hydrogens is 342 g/mol. The first-order chi connectivity index (χ1) is 13.2. The van der Waals surface area contributed by atoms with E-state index in [1.807, 2.05) is 58.0 Å². The van der Waals surface area contributed by atoms with Crippen LogP contribution in [0.25, 0.3) is 11.0 Å². The Bertz CT molecular complexity index is 1010. The van der Waals surface area contributed by atoms with Crippen LogP contribution >= 0.6 is 0 Å². The number of aromatic nitrogens is 2. The first-order valence-electron chi connectivity index (χ1n) is 9.24. The molecule has 0 unspecified atom stereocenters. The van der Waals surface area contributed by atoms with Crippen molar-refractivity contribution in [1.29, 1.82) is 0 Å². The van der Waals surface area contributed by atoms with Crippen molar-refractivity contribution in [2.24, 2.45) is 0 Å². The van der Waals surface area contributed by atoms with Gasteiger partial charge in [0.25, 0.3) is 5.91 Å². The number of para-hydroxylation sites is 2. The lowest BCUT2D eigenvalue weighted by molar-refractivity contribution is 0.0694. The van der Waals surface area contributed by atoms with Crippen molar-refractivity contribution >= 4 is 16.9 Å². The molecule has 2 heterocycles. The fourth-order valence-corrected chi connectivity index (χ4v) is 3.91. The summed E-state index contributed by atoms with van der Waals surface area (Å²) in [6, 6.07) is 15.4. The minimum absolute atomic E-state index is 0.0395. The second kappa shape index (κ2) is 7.40. The number of ether oxygens (including phenoxy) is 1. The van der Waals surface area contributed by atoms with Gasteiger partial charge in [0.2, 0.25) is 0 Å². The monoisotopic (exact) mass is 365 g/mol. The van der Waals surface area contributed by atoms with E-state index in [1.165, 1.54) is 0 Å². The third-order valence-electron chi connectivity index (χ3n) is 5.23. The van der Waals surface area contributed by atoms with E-state index in [1.54, 1.807) is 7.11 Å². The van der Waals surface area contributed by atoms with E-state index in [0.717, 1.165) is 29.4 Å². The number of nitrogens with one attached hydrogen (secondary N) is 1. The minimum Gasteiger partial charge on any atom is -0.380 e. The average Bonchev–Trinajstić information content (AvgIpc) is 3.04. The Morgan fingerprint density at radius 3 is 2.70 bits per heavy atom. The lowest BCUT2D eigenvalue weighted by Gasteiger charge is -2.32. The summed E-state index contributed by atoms with van der Waals surface area (Å²) in [6.07, 6.45) is 1.54. The number of hydrogen-bond donors (Lipinski definition) is 1. The summed E-state index contributed by atoms with van der Waals surface area (Å²) < 4.78 is 6.99. The molecule has 0 spiro atoms. The molecule has 4 rings (SSSR count). The zero-order valence-corrected chi connectivity index (χ0v) is 15.4. The Labute approximate surface area is 157 Å². The second-order valence-corrected chi connectivity index (χ2v) is 6.97. The third-order valence-corrected chi connectivity index (χ3v) is 5.23. The highest BCUT2D eigenvalue weighted by Crippen LogP contribution is 2.25. The predicted molar refractivity (Wildman–Crippen MR) is 104 cm³/mol. The Morgan fingerprint density at radius 1 is 1.15 bits per heavy atom. The number of piperidine rings is 1. The first kappa shape index (κ1) is 17.5. The quantitative estimate of drug-likeness (QED) is 0.773. The lowest BCUT2D eigenvalue weighted by Crippen LogP contribution is -2.40. The molecular formula is C21H23N3O3. The van der Waals surface area contributed by atoms with E-state index < -0.39 is 0 Å². The van der Waals surface area contributed by atoms with Crippen molar-refractivity contribution in [1.82, 2.24) is 14.5 Å². The second-order valence-electron chi connectivity index (χ2n) is 6.97. The average molecular weight is 365 g/mol. The van der Waals surface area contributed by atoms with E-state index in [4.69, 9.17) is 4.74 Å². The van der Waals surface area contributed by atoms with Crippen molar-refractivity contribution in [2.45, 2.75) is 25.5 Å². The molecule has 0 aliphatic carbocycles. The smallest absolute Gasteiger partial charge is 0.326 e. The van der Waals surface area contributed by atoms with Gasteiger partial charge in [0.05, 0.1) is 17.6 Å². The van der Waals surface area contributed by atoms with Crippen LogP contribution in [0.15, 0.2) is 53.3 Å². The van der Waals surface area contributed by atoms with E-state index in [2.05, 4.69) is 4.98 Å². The topological polar surface area (TPSA) is 67.3 Å². The zero-order chi connectivity index (χ0) is 18.8.